The molecule has 0 unspecified atom stereocenters. The molecule has 2 nitrogen and oxygen atoms in total. The molecule has 1 aromatic rings. The number of ether oxygens (including phenoxy) is 1. The molecule has 0 atom stereocenters. The van der Waals surface area contributed by atoms with Gasteiger partial charge in [-0.1, -0.05) is 37.3 Å². The largest absolute Gasteiger partial charge is 0.462 e. The van der Waals surface area contributed by atoms with Crippen molar-refractivity contribution in [3.05, 3.63) is 33.3 Å². The van der Waals surface area contributed by atoms with Gasteiger partial charge in [0.15, 0.2) is 0 Å². The highest BCUT2D eigenvalue weighted by molar-refractivity contribution is 6.76. The topological polar surface area (TPSA) is 26.3 Å². The minimum Gasteiger partial charge on any atom is -0.462 e. The van der Waals surface area contributed by atoms with Crippen LogP contribution >= 0.6 is 11.6 Å². The standard InChI is InChI=1S/C15H23ClO2Si/c1-10-9-11(2)14(16)12(3)13(10)15(17)18-7-8-19(4,5)6/h9H,7-8H2,1-6H3. The Labute approximate surface area is 122 Å². The molecule has 1 rings (SSSR count). The molecule has 0 spiro atoms. The molecule has 0 fully saturated rings. The highest BCUT2D eigenvalue weighted by atomic mass is 35.5. The first kappa shape index (κ1) is 16.3. The summed E-state index contributed by atoms with van der Waals surface area (Å²) in [6.07, 6.45) is 0. The van der Waals surface area contributed by atoms with E-state index in [1.807, 2.05) is 26.8 Å². The summed E-state index contributed by atoms with van der Waals surface area (Å²) >= 11 is 6.20. The van der Waals surface area contributed by atoms with Crippen molar-refractivity contribution in [3.8, 4) is 0 Å². The summed E-state index contributed by atoms with van der Waals surface area (Å²) in [6, 6.07) is 2.92. The highest BCUT2D eigenvalue weighted by Gasteiger charge is 2.19. The van der Waals surface area contributed by atoms with Crippen LogP contribution in [0.15, 0.2) is 6.07 Å². The molecule has 19 heavy (non-hydrogen) atoms. The highest BCUT2D eigenvalue weighted by Crippen LogP contribution is 2.27. The summed E-state index contributed by atoms with van der Waals surface area (Å²) in [7, 11) is -1.18. The summed E-state index contributed by atoms with van der Waals surface area (Å²) < 4.78 is 5.40. The van der Waals surface area contributed by atoms with Crippen LogP contribution in [0.2, 0.25) is 30.7 Å². The molecule has 1 aromatic carbocycles. The maximum atomic E-state index is 12.2. The summed E-state index contributed by atoms with van der Waals surface area (Å²) in [5.74, 6) is -0.254. The zero-order valence-corrected chi connectivity index (χ0v) is 14.4. The second kappa shape index (κ2) is 6.10. The van der Waals surface area contributed by atoms with E-state index in [1.165, 1.54) is 0 Å². The van der Waals surface area contributed by atoms with Crippen LogP contribution in [0, 0.1) is 20.8 Å². The lowest BCUT2D eigenvalue weighted by atomic mass is 10.00. The van der Waals surface area contributed by atoms with E-state index in [0.717, 1.165) is 22.7 Å². The number of esters is 1. The van der Waals surface area contributed by atoms with Gasteiger partial charge in [0.2, 0.25) is 0 Å². The number of benzene rings is 1. The molecule has 0 heterocycles. The van der Waals surface area contributed by atoms with Gasteiger partial charge in [-0.25, -0.2) is 4.79 Å². The Morgan fingerprint density at radius 3 is 2.32 bits per heavy atom. The zero-order valence-electron chi connectivity index (χ0n) is 12.7. The lowest BCUT2D eigenvalue weighted by Crippen LogP contribution is -2.23. The summed E-state index contributed by atoms with van der Waals surface area (Å²) in [4.78, 5) is 12.2. The maximum absolute atomic E-state index is 12.2. The fourth-order valence-corrected chi connectivity index (χ4v) is 2.86. The van der Waals surface area contributed by atoms with E-state index in [2.05, 4.69) is 19.6 Å². The third-order valence-electron chi connectivity index (χ3n) is 3.17. The minimum absolute atomic E-state index is 0.254. The molecule has 0 N–H and O–H groups in total. The molecule has 106 valence electrons. The molecular weight excluding hydrogens is 276 g/mol. The zero-order chi connectivity index (χ0) is 14.8. The Kier molecular flexibility index (Phi) is 5.22. The van der Waals surface area contributed by atoms with Crippen molar-refractivity contribution in [1.29, 1.82) is 0 Å². The molecular formula is C15H23ClO2Si. The van der Waals surface area contributed by atoms with Gasteiger partial charge in [-0.15, -0.1) is 0 Å². The summed E-state index contributed by atoms with van der Waals surface area (Å²) in [5.41, 5.74) is 3.36. The molecule has 0 aliphatic carbocycles. The maximum Gasteiger partial charge on any atom is 0.338 e. The van der Waals surface area contributed by atoms with Crippen molar-refractivity contribution >= 4 is 25.6 Å². The third kappa shape index (κ3) is 4.36. The minimum atomic E-state index is -1.18. The SMILES string of the molecule is Cc1cc(C)c(C(=O)OCC[Si](C)(C)C)c(C)c1Cl. The van der Waals surface area contributed by atoms with E-state index in [1.54, 1.807) is 0 Å². The predicted molar refractivity (Wildman–Crippen MR) is 84.1 cm³/mol. The average molecular weight is 299 g/mol. The van der Waals surface area contributed by atoms with Crippen LogP contribution in [0.25, 0.3) is 0 Å². The van der Waals surface area contributed by atoms with Crippen LogP contribution in [0.3, 0.4) is 0 Å². The lowest BCUT2D eigenvalue weighted by molar-refractivity contribution is 0.0523. The number of rotatable bonds is 4. The first-order chi connectivity index (χ1) is 8.63. The Bertz CT molecular complexity index is 490. The van der Waals surface area contributed by atoms with Crippen LogP contribution in [0.4, 0.5) is 0 Å². The van der Waals surface area contributed by atoms with Gasteiger partial charge in [-0.2, -0.15) is 0 Å². The Morgan fingerprint density at radius 2 is 1.79 bits per heavy atom. The molecule has 0 aromatic heterocycles. The fourth-order valence-electron chi connectivity index (χ4n) is 2.00. The van der Waals surface area contributed by atoms with Crippen molar-refractivity contribution in [2.24, 2.45) is 0 Å². The van der Waals surface area contributed by atoms with Crippen molar-refractivity contribution in [3.63, 3.8) is 0 Å². The van der Waals surface area contributed by atoms with Crippen molar-refractivity contribution < 1.29 is 9.53 Å². The Balaban J connectivity index is 2.86. The van der Waals surface area contributed by atoms with E-state index < -0.39 is 8.07 Å². The Hall–Kier alpha value is -0.803. The van der Waals surface area contributed by atoms with Gasteiger partial charge in [-0.05, 0) is 43.5 Å². The lowest BCUT2D eigenvalue weighted by Gasteiger charge is -2.17. The van der Waals surface area contributed by atoms with Gasteiger partial charge < -0.3 is 4.74 Å². The second-order valence-electron chi connectivity index (χ2n) is 6.27. The van der Waals surface area contributed by atoms with E-state index in [0.29, 0.717) is 17.2 Å². The van der Waals surface area contributed by atoms with Crippen LogP contribution in [0.1, 0.15) is 27.0 Å². The number of carbonyl (C=O) groups excluding carboxylic acids is 1. The Morgan fingerprint density at radius 1 is 1.21 bits per heavy atom. The number of hydrogen-bond donors (Lipinski definition) is 0. The molecule has 0 radical (unpaired) electrons. The molecule has 0 aliphatic rings. The molecule has 0 bridgehead atoms. The normalized spacial score (nSPS) is 11.5. The smallest absolute Gasteiger partial charge is 0.338 e. The second-order valence-corrected chi connectivity index (χ2v) is 12.3. The molecule has 0 amide bonds. The van der Waals surface area contributed by atoms with Crippen molar-refractivity contribution in [1.82, 2.24) is 0 Å². The third-order valence-corrected chi connectivity index (χ3v) is 5.45. The van der Waals surface area contributed by atoms with Crippen LogP contribution < -0.4 is 0 Å². The van der Waals surface area contributed by atoms with Crippen LogP contribution in [-0.4, -0.2) is 20.7 Å². The van der Waals surface area contributed by atoms with E-state index in [-0.39, 0.29) is 5.97 Å². The van der Waals surface area contributed by atoms with E-state index in [4.69, 9.17) is 16.3 Å². The number of carbonyl (C=O) groups is 1. The first-order valence-corrected chi connectivity index (χ1v) is 10.7. The van der Waals surface area contributed by atoms with E-state index >= 15 is 0 Å². The molecule has 0 saturated heterocycles. The van der Waals surface area contributed by atoms with Gasteiger partial charge in [0.25, 0.3) is 0 Å². The predicted octanol–water partition coefficient (Wildman–Crippen LogP) is 4.76. The summed E-state index contributed by atoms with van der Waals surface area (Å²) in [5, 5.41) is 0.655. The van der Waals surface area contributed by atoms with Gasteiger partial charge in [0.05, 0.1) is 12.2 Å². The van der Waals surface area contributed by atoms with Gasteiger partial charge in [0, 0.05) is 13.1 Å². The monoisotopic (exact) mass is 298 g/mol. The first-order valence-electron chi connectivity index (χ1n) is 6.57. The van der Waals surface area contributed by atoms with Crippen molar-refractivity contribution in [2.75, 3.05) is 6.61 Å². The summed E-state index contributed by atoms with van der Waals surface area (Å²) in [6.45, 7) is 13.0. The number of halogens is 1. The average Bonchev–Trinajstić information content (AvgIpc) is 2.24. The number of aryl methyl sites for hydroxylation is 2. The van der Waals surface area contributed by atoms with E-state index in [9.17, 15) is 4.79 Å². The van der Waals surface area contributed by atoms with Gasteiger partial charge >= 0.3 is 5.97 Å². The van der Waals surface area contributed by atoms with Crippen molar-refractivity contribution in [2.45, 2.75) is 46.5 Å². The van der Waals surface area contributed by atoms with Crippen LogP contribution in [-0.2, 0) is 4.74 Å². The molecule has 4 heteroatoms. The quantitative estimate of drug-likeness (QED) is 0.592. The van der Waals surface area contributed by atoms with Gasteiger partial charge in [-0.3, -0.25) is 0 Å². The van der Waals surface area contributed by atoms with Crippen LogP contribution in [0.5, 0.6) is 0 Å². The molecule has 0 aliphatic heterocycles. The van der Waals surface area contributed by atoms with Gasteiger partial charge in [0.1, 0.15) is 0 Å². The fraction of sp³-hybridized carbons (Fsp3) is 0.533. The number of hydrogen-bond acceptors (Lipinski definition) is 2. The molecule has 0 saturated carbocycles.